The van der Waals surface area contributed by atoms with E-state index in [4.69, 9.17) is 41.7 Å². The van der Waals surface area contributed by atoms with E-state index in [0.717, 1.165) is 67.9 Å². The average Bonchev–Trinajstić information content (AvgIpc) is 3.50. The molecule has 43 heavy (non-hydrogen) atoms. The van der Waals surface area contributed by atoms with E-state index in [9.17, 15) is 4.39 Å². The van der Waals surface area contributed by atoms with Crippen LogP contribution in [0.25, 0.3) is 11.0 Å². The second-order valence-electron chi connectivity index (χ2n) is 11.6. The maximum absolute atomic E-state index is 14.8. The van der Waals surface area contributed by atoms with Crippen molar-refractivity contribution in [2.75, 3.05) is 19.7 Å². The highest BCUT2D eigenvalue weighted by Gasteiger charge is 2.43. The summed E-state index contributed by atoms with van der Waals surface area (Å²) < 4.78 is 35.4. The number of ether oxygens (including phenoxy) is 3. The molecule has 0 bridgehead atoms. The molecular weight excluding hydrogens is 573 g/mol. The van der Waals surface area contributed by atoms with Crippen LogP contribution < -0.4 is 15.2 Å². The number of rotatable bonds is 7. The van der Waals surface area contributed by atoms with Gasteiger partial charge in [0.15, 0.2) is 17.3 Å². The Hall–Kier alpha value is -3.86. The predicted molar refractivity (Wildman–Crippen MR) is 160 cm³/mol. The van der Waals surface area contributed by atoms with Gasteiger partial charge in [0.05, 0.1) is 35.8 Å². The fourth-order valence-corrected chi connectivity index (χ4v) is 6.55. The number of halogens is 2. The maximum Gasteiger partial charge on any atom is 0.278 e. The van der Waals surface area contributed by atoms with Crippen molar-refractivity contribution in [1.29, 1.82) is 0 Å². The van der Waals surface area contributed by atoms with Crippen LogP contribution in [0.3, 0.4) is 0 Å². The summed E-state index contributed by atoms with van der Waals surface area (Å²) in [6.45, 7) is 5.74. The average molecular weight is 606 g/mol. The SMILES string of the molecule is CC1(c2ccc(Cl)cc2F)Oc2cccc(C3CCN(Cc4nc5cc(C(N)=NO)ccc5n4C[C@@H]4CCO4)CC3)c2O1. The lowest BCUT2D eigenvalue weighted by molar-refractivity contribution is -0.0712. The van der Waals surface area contributed by atoms with E-state index in [1.165, 1.54) is 6.07 Å². The van der Waals surface area contributed by atoms with Crippen LogP contribution in [0.15, 0.2) is 59.8 Å². The molecule has 9 nitrogen and oxygen atoms in total. The van der Waals surface area contributed by atoms with Gasteiger partial charge in [-0.3, -0.25) is 4.90 Å². The number of para-hydroxylation sites is 1. The molecule has 2 atom stereocenters. The Balaban J connectivity index is 1.08. The molecule has 0 amide bonds. The van der Waals surface area contributed by atoms with Crippen LogP contribution in [0.2, 0.25) is 5.02 Å². The van der Waals surface area contributed by atoms with Gasteiger partial charge in [-0.2, -0.15) is 0 Å². The first-order valence-corrected chi connectivity index (χ1v) is 15.0. The van der Waals surface area contributed by atoms with E-state index in [0.29, 0.717) is 34.2 Å². The van der Waals surface area contributed by atoms with Crippen LogP contribution in [0.1, 0.15) is 54.6 Å². The number of benzene rings is 3. The zero-order valence-corrected chi connectivity index (χ0v) is 24.6. The smallest absolute Gasteiger partial charge is 0.278 e. The van der Waals surface area contributed by atoms with Gasteiger partial charge in [0.1, 0.15) is 11.6 Å². The summed E-state index contributed by atoms with van der Waals surface area (Å²) >= 11 is 5.98. The number of amidine groups is 1. The van der Waals surface area contributed by atoms with Crippen molar-refractivity contribution in [3.63, 3.8) is 0 Å². The van der Waals surface area contributed by atoms with Crippen molar-refractivity contribution >= 4 is 28.5 Å². The molecule has 4 heterocycles. The van der Waals surface area contributed by atoms with Crippen LogP contribution in [0.4, 0.5) is 4.39 Å². The molecule has 3 aliphatic rings. The third-order valence-electron chi connectivity index (χ3n) is 8.83. The first kappa shape index (κ1) is 27.9. The standard InChI is InChI=1S/C32H33ClFN5O4/c1-32(24-7-6-21(33)16-25(24)34)42-28-4-2-3-23(30(28)43-32)19-9-12-38(13-10-19)18-29-36-26-15-20(31(35)37-40)5-8-27(26)39(29)17-22-11-14-41-22/h2-8,15-16,19,22,40H,9-14,17-18H2,1H3,(H2,35,37)/t22-,32?/m0/s1. The summed E-state index contributed by atoms with van der Waals surface area (Å²) in [5.41, 5.74) is 9.68. The number of piperidine rings is 1. The number of oxime groups is 1. The fourth-order valence-electron chi connectivity index (χ4n) is 6.39. The van der Waals surface area contributed by atoms with E-state index in [-0.39, 0.29) is 17.9 Å². The van der Waals surface area contributed by atoms with Crippen LogP contribution in [0.5, 0.6) is 11.5 Å². The van der Waals surface area contributed by atoms with Gasteiger partial charge >= 0.3 is 0 Å². The molecule has 1 unspecified atom stereocenters. The Labute approximate surface area is 253 Å². The third-order valence-corrected chi connectivity index (χ3v) is 9.07. The van der Waals surface area contributed by atoms with Crippen LogP contribution in [-0.2, 0) is 23.6 Å². The zero-order chi connectivity index (χ0) is 29.7. The first-order chi connectivity index (χ1) is 20.8. The lowest BCUT2D eigenvalue weighted by Gasteiger charge is -2.33. The van der Waals surface area contributed by atoms with E-state index in [1.54, 1.807) is 19.1 Å². The number of hydrogen-bond acceptors (Lipinski definition) is 7. The minimum atomic E-state index is -1.27. The second-order valence-corrected chi connectivity index (χ2v) is 12.0. The van der Waals surface area contributed by atoms with E-state index in [2.05, 4.69) is 20.7 Å². The molecule has 3 aliphatic heterocycles. The number of hydrogen-bond donors (Lipinski definition) is 2. The Bertz CT molecular complexity index is 1720. The summed E-state index contributed by atoms with van der Waals surface area (Å²) in [5, 5.41) is 12.6. The largest absolute Gasteiger partial charge is 0.444 e. The van der Waals surface area contributed by atoms with E-state index in [1.807, 2.05) is 30.3 Å². The quantitative estimate of drug-likeness (QED) is 0.120. The van der Waals surface area contributed by atoms with Crippen LogP contribution >= 0.6 is 11.6 Å². The molecule has 0 spiro atoms. The summed E-state index contributed by atoms with van der Waals surface area (Å²) in [6.07, 6.45) is 3.08. The molecule has 3 aromatic carbocycles. The molecule has 0 radical (unpaired) electrons. The Morgan fingerprint density at radius 3 is 2.67 bits per heavy atom. The molecule has 0 saturated carbocycles. The number of nitrogens with two attached hydrogens (primary N) is 1. The van der Waals surface area contributed by atoms with Crippen LogP contribution in [-0.4, -0.2) is 51.3 Å². The van der Waals surface area contributed by atoms with Crippen molar-refractivity contribution < 1.29 is 23.8 Å². The van der Waals surface area contributed by atoms with Gasteiger partial charge in [0.2, 0.25) is 0 Å². The molecule has 3 N–H and O–H groups in total. The monoisotopic (exact) mass is 605 g/mol. The number of likely N-dealkylation sites (tertiary alicyclic amines) is 1. The summed E-state index contributed by atoms with van der Waals surface area (Å²) in [5.74, 6) is 0.870. The van der Waals surface area contributed by atoms with Crippen molar-refractivity contribution in [3.05, 3.63) is 88.0 Å². The van der Waals surface area contributed by atoms with Gasteiger partial charge in [-0.15, -0.1) is 0 Å². The normalized spacial score (nSPS) is 22.7. The lowest BCUT2D eigenvalue weighted by atomic mass is 9.88. The lowest BCUT2D eigenvalue weighted by Crippen LogP contribution is -2.35. The number of nitrogens with zero attached hydrogens (tertiary/aromatic N) is 4. The molecule has 7 rings (SSSR count). The molecule has 11 heteroatoms. The molecule has 2 saturated heterocycles. The summed E-state index contributed by atoms with van der Waals surface area (Å²) in [6, 6.07) is 16.2. The zero-order valence-electron chi connectivity index (χ0n) is 23.8. The van der Waals surface area contributed by atoms with Gasteiger partial charge in [0, 0.05) is 29.7 Å². The highest BCUT2D eigenvalue weighted by Crippen LogP contribution is 2.49. The number of imidazole rings is 1. The first-order valence-electron chi connectivity index (χ1n) is 14.6. The Morgan fingerprint density at radius 1 is 1.14 bits per heavy atom. The van der Waals surface area contributed by atoms with E-state index < -0.39 is 11.6 Å². The Morgan fingerprint density at radius 2 is 1.95 bits per heavy atom. The van der Waals surface area contributed by atoms with Crippen molar-refractivity contribution in [1.82, 2.24) is 14.5 Å². The van der Waals surface area contributed by atoms with Crippen LogP contribution in [0, 0.1) is 5.82 Å². The minimum Gasteiger partial charge on any atom is -0.444 e. The number of fused-ring (bicyclic) bond motifs is 2. The van der Waals surface area contributed by atoms with Gasteiger partial charge in [-0.25, -0.2) is 9.37 Å². The molecule has 1 aromatic heterocycles. The maximum atomic E-state index is 14.8. The van der Waals surface area contributed by atoms with Gasteiger partial charge in [-0.05, 0) is 80.7 Å². The van der Waals surface area contributed by atoms with Crippen molar-refractivity contribution in [3.8, 4) is 11.5 Å². The molecular formula is C32H33ClFN5O4. The molecule has 224 valence electrons. The van der Waals surface area contributed by atoms with Gasteiger partial charge < -0.3 is 29.7 Å². The number of aromatic nitrogens is 2. The highest BCUT2D eigenvalue weighted by atomic mass is 35.5. The van der Waals surface area contributed by atoms with Gasteiger partial charge in [0.25, 0.3) is 5.79 Å². The topological polar surface area (TPSA) is 107 Å². The van der Waals surface area contributed by atoms with Gasteiger partial charge in [-0.1, -0.05) is 28.9 Å². The van der Waals surface area contributed by atoms with Crippen molar-refractivity contribution in [2.24, 2.45) is 10.9 Å². The second kappa shape index (κ2) is 11.0. The molecule has 4 aromatic rings. The fraction of sp³-hybridized carbons (Fsp3) is 0.375. The highest BCUT2D eigenvalue weighted by molar-refractivity contribution is 6.30. The van der Waals surface area contributed by atoms with Crippen molar-refractivity contribution in [2.45, 2.75) is 57.1 Å². The van der Waals surface area contributed by atoms with E-state index >= 15 is 0 Å². The minimum absolute atomic E-state index is 0.0581. The molecule has 2 fully saturated rings. The summed E-state index contributed by atoms with van der Waals surface area (Å²) in [7, 11) is 0. The summed E-state index contributed by atoms with van der Waals surface area (Å²) in [4.78, 5) is 7.40. The molecule has 0 aliphatic carbocycles. The Kier molecular flexibility index (Phi) is 7.15. The predicted octanol–water partition coefficient (Wildman–Crippen LogP) is 5.74. The third kappa shape index (κ3) is 5.17.